The molecule has 6 rings (SSSR count). The van der Waals surface area contributed by atoms with E-state index in [0.717, 1.165) is 81.6 Å². The van der Waals surface area contributed by atoms with E-state index in [2.05, 4.69) is 51.8 Å². The molecule has 2 aliphatic rings. The molecule has 0 atom stereocenters. The molecule has 2 aliphatic heterocycles. The van der Waals surface area contributed by atoms with Gasteiger partial charge in [0, 0.05) is 51.1 Å². The zero-order valence-electron chi connectivity index (χ0n) is 23.3. The monoisotopic (exact) mass is 550 g/mol. The van der Waals surface area contributed by atoms with E-state index < -0.39 is 0 Å². The van der Waals surface area contributed by atoms with Crippen LogP contribution in [-0.4, -0.2) is 46.2 Å². The van der Waals surface area contributed by atoms with E-state index in [0.29, 0.717) is 12.0 Å². The number of hydrogen-bond donors (Lipinski definition) is 2. The number of rotatable bonds is 8. The summed E-state index contributed by atoms with van der Waals surface area (Å²) in [6, 6.07) is 14.3. The summed E-state index contributed by atoms with van der Waals surface area (Å²) < 4.78 is 0. The molecular weight excluding hydrogens is 516 g/mol. The first-order chi connectivity index (χ1) is 19.4. The van der Waals surface area contributed by atoms with Crippen LogP contribution in [0.3, 0.4) is 0 Å². The first-order valence-corrected chi connectivity index (χ1v) is 14.9. The van der Waals surface area contributed by atoms with Crippen molar-refractivity contribution >= 4 is 40.4 Å². The van der Waals surface area contributed by atoms with Crippen LogP contribution < -0.4 is 5.32 Å². The summed E-state index contributed by atoms with van der Waals surface area (Å²) in [6.07, 6.45) is 5.82. The zero-order valence-corrected chi connectivity index (χ0v) is 24.1. The van der Waals surface area contributed by atoms with E-state index in [4.69, 9.17) is 4.98 Å². The van der Waals surface area contributed by atoms with Gasteiger partial charge in [-0.2, -0.15) is 0 Å². The van der Waals surface area contributed by atoms with E-state index in [9.17, 15) is 9.59 Å². The number of carbonyl (C=O) groups is 2. The van der Waals surface area contributed by atoms with Gasteiger partial charge in [0.2, 0.25) is 0 Å². The lowest BCUT2D eigenvalue weighted by atomic mass is 9.99. The molecule has 1 saturated heterocycles. The average molecular weight is 551 g/mol. The van der Waals surface area contributed by atoms with Crippen molar-refractivity contribution in [3.05, 3.63) is 81.5 Å². The van der Waals surface area contributed by atoms with Gasteiger partial charge in [-0.1, -0.05) is 35.9 Å². The Morgan fingerprint density at radius 2 is 1.80 bits per heavy atom. The molecule has 4 heterocycles. The number of H-pyrrole nitrogens is 1. The predicted molar refractivity (Wildman–Crippen MR) is 164 cm³/mol. The number of ketones is 1. The van der Waals surface area contributed by atoms with Crippen molar-refractivity contribution in [2.75, 3.05) is 25.0 Å². The molecule has 6 nitrogen and oxygen atoms in total. The Kier molecular flexibility index (Phi) is 7.26. The van der Waals surface area contributed by atoms with E-state index >= 15 is 0 Å². The van der Waals surface area contributed by atoms with Crippen LogP contribution >= 0.6 is 11.3 Å². The number of aryl methyl sites for hydroxylation is 2. The Hall–Kier alpha value is -3.81. The lowest BCUT2D eigenvalue weighted by molar-refractivity contribution is -0.110. The van der Waals surface area contributed by atoms with Gasteiger partial charge in [0.1, 0.15) is 5.01 Å². The van der Waals surface area contributed by atoms with Crippen molar-refractivity contribution in [1.82, 2.24) is 14.9 Å². The number of nitrogens with one attached hydrogen (secondary N) is 2. The molecular formula is C33H34N4O2S. The van der Waals surface area contributed by atoms with Gasteiger partial charge in [-0.15, -0.1) is 11.3 Å². The number of benzene rings is 2. The van der Waals surface area contributed by atoms with Gasteiger partial charge in [-0.25, -0.2) is 4.98 Å². The maximum atomic E-state index is 13.2. The Morgan fingerprint density at radius 1 is 1.05 bits per heavy atom. The van der Waals surface area contributed by atoms with Gasteiger partial charge in [0.15, 0.2) is 5.78 Å². The second-order valence-electron chi connectivity index (χ2n) is 10.9. The fraction of sp³-hybridized carbons (Fsp3) is 0.303. The standard InChI is InChI=1S/C33H34N4O2S/c1-20-8-10-23(11-9-20)33-36-29(19-40-33)24-12-13-27-25(17-24)26(32(39)35-27)18-28-21(2)31(22(3)34-28)30(38)7-6-16-37-14-4-5-15-37/h8-13,17-19,34H,4-7,14-16H2,1-3H3,(H,35,39)/b26-18-. The number of fused-ring (bicyclic) bond motifs is 1. The molecule has 2 N–H and O–H groups in total. The molecule has 1 fully saturated rings. The molecule has 2 aromatic carbocycles. The van der Waals surface area contributed by atoms with Crippen LogP contribution in [0.25, 0.3) is 33.5 Å². The first-order valence-electron chi connectivity index (χ1n) is 14.0. The van der Waals surface area contributed by atoms with Crippen molar-refractivity contribution in [1.29, 1.82) is 0 Å². The molecule has 0 spiro atoms. The number of aromatic nitrogens is 2. The number of carbonyl (C=O) groups excluding carboxylic acids is 2. The highest BCUT2D eigenvalue weighted by atomic mass is 32.1. The van der Waals surface area contributed by atoms with Crippen LogP contribution in [0.2, 0.25) is 0 Å². The molecule has 1 amide bonds. The molecule has 0 saturated carbocycles. The molecule has 0 radical (unpaired) electrons. The summed E-state index contributed by atoms with van der Waals surface area (Å²) in [4.78, 5) is 36.9. The number of thiazole rings is 1. The van der Waals surface area contributed by atoms with Gasteiger partial charge in [-0.3, -0.25) is 9.59 Å². The van der Waals surface area contributed by atoms with Crippen molar-refractivity contribution in [3.8, 4) is 21.8 Å². The normalized spacial score (nSPS) is 16.1. The minimum Gasteiger partial charge on any atom is -0.358 e. The van der Waals surface area contributed by atoms with Gasteiger partial charge in [0.25, 0.3) is 5.91 Å². The Morgan fingerprint density at radius 3 is 2.58 bits per heavy atom. The molecule has 2 aromatic heterocycles. The number of amides is 1. The summed E-state index contributed by atoms with van der Waals surface area (Å²) in [5.74, 6) is 0.0254. The zero-order chi connectivity index (χ0) is 27.8. The number of likely N-dealkylation sites (tertiary alicyclic amines) is 1. The second kappa shape index (κ2) is 11.0. The van der Waals surface area contributed by atoms with Crippen LogP contribution in [-0.2, 0) is 4.79 Å². The number of Topliss-reactive ketones (excluding diaryl/α,β-unsaturated/α-hetero) is 1. The first kappa shape index (κ1) is 26.4. The minimum atomic E-state index is -0.143. The van der Waals surface area contributed by atoms with Crippen molar-refractivity contribution < 1.29 is 9.59 Å². The maximum absolute atomic E-state index is 13.2. The van der Waals surface area contributed by atoms with E-state index in [1.165, 1.54) is 18.4 Å². The Labute approximate surface area is 239 Å². The largest absolute Gasteiger partial charge is 0.358 e. The summed E-state index contributed by atoms with van der Waals surface area (Å²) in [5.41, 5.74) is 9.70. The molecule has 0 unspecified atom stereocenters. The summed E-state index contributed by atoms with van der Waals surface area (Å²) in [5, 5.41) is 6.02. The minimum absolute atomic E-state index is 0.143. The van der Waals surface area contributed by atoms with Gasteiger partial charge >= 0.3 is 0 Å². The fourth-order valence-corrected chi connectivity index (χ4v) is 6.64. The van der Waals surface area contributed by atoms with Crippen LogP contribution in [0.15, 0.2) is 47.8 Å². The maximum Gasteiger partial charge on any atom is 0.256 e. The molecule has 204 valence electrons. The molecule has 7 heteroatoms. The van der Waals surface area contributed by atoms with E-state index in [1.807, 2.05) is 38.1 Å². The summed E-state index contributed by atoms with van der Waals surface area (Å²) >= 11 is 1.61. The van der Waals surface area contributed by atoms with Gasteiger partial charge in [0.05, 0.1) is 11.3 Å². The third-order valence-corrected chi connectivity index (χ3v) is 8.91. The summed E-state index contributed by atoms with van der Waals surface area (Å²) in [7, 11) is 0. The highest BCUT2D eigenvalue weighted by Gasteiger charge is 2.26. The summed E-state index contributed by atoms with van der Waals surface area (Å²) in [6.45, 7) is 9.27. The third kappa shape index (κ3) is 5.19. The number of anilines is 1. The predicted octanol–water partition coefficient (Wildman–Crippen LogP) is 7.28. The van der Waals surface area contributed by atoms with Crippen molar-refractivity contribution in [2.24, 2.45) is 0 Å². The quantitative estimate of drug-likeness (QED) is 0.178. The molecule has 40 heavy (non-hydrogen) atoms. The SMILES string of the molecule is Cc1ccc(-c2nc(-c3ccc4c(c3)/C(=C/c3[nH]c(C)c(C(=O)CCCN5CCCC5)c3C)C(=O)N4)cs2)cc1. The van der Waals surface area contributed by atoms with Crippen LogP contribution in [0, 0.1) is 20.8 Å². The van der Waals surface area contributed by atoms with Crippen LogP contribution in [0.1, 0.15) is 64.1 Å². The van der Waals surface area contributed by atoms with Crippen LogP contribution in [0.5, 0.6) is 0 Å². The van der Waals surface area contributed by atoms with Crippen LogP contribution in [0.4, 0.5) is 5.69 Å². The number of hydrogen-bond acceptors (Lipinski definition) is 5. The van der Waals surface area contributed by atoms with Crippen molar-refractivity contribution in [2.45, 2.75) is 46.5 Å². The highest BCUT2D eigenvalue weighted by molar-refractivity contribution is 7.13. The van der Waals surface area contributed by atoms with Gasteiger partial charge in [-0.05, 0) is 83.4 Å². The lowest BCUT2D eigenvalue weighted by Gasteiger charge is -2.13. The number of aromatic amines is 1. The Bertz CT molecular complexity index is 1620. The van der Waals surface area contributed by atoms with Gasteiger partial charge < -0.3 is 15.2 Å². The topological polar surface area (TPSA) is 78.1 Å². The number of nitrogens with zero attached hydrogens (tertiary/aromatic N) is 2. The average Bonchev–Trinajstić information content (AvgIpc) is 3.73. The van der Waals surface area contributed by atoms with Crippen molar-refractivity contribution in [3.63, 3.8) is 0 Å². The fourth-order valence-electron chi connectivity index (χ4n) is 5.80. The highest BCUT2D eigenvalue weighted by Crippen LogP contribution is 2.38. The smallest absolute Gasteiger partial charge is 0.256 e. The molecule has 0 aliphatic carbocycles. The molecule has 0 bridgehead atoms. The van der Waals surface area contributed by atoms with E-state index in [-0.39, 0.29) is 11.7 Å². The molecule has 4 aromatic rings. The lowest BCUT2D eigenvalue weighted by Crippen LogP contribution is -2.21. The second-order valence-corrected chi connectivity index (χ2v) is 11.8. The van der Waals surface area contributed by atoms with E-state index in [1.54, 1.807) is 11.3 Å². The third-order valence-electron chi connectivity index (χ3n) is 8.02. The Balaban J connectivity index is 1.25.